The molecule has 95 heavy (non-hydrogen) atoms. The van der Waals surface area contributed by atoms with Crippen molar-refractivity contribution in [2.45, 2.75) is 170 Å². The number of imidazole rings is 6. The summed E-state index contributed by atoms with van der Waals surface area (Å²) in [4.78, 5) is 10.2. The Hall–Kier alpha value is -9.54. The summed E-state index contributed by atoms with van der Waals surface area (Å²) in [6.45, 7) is 42.4. The van der Waals surface area contributed by atoms with Gasteiger partial charge in [0, 0.05) is 53.7 Å². The van der Waals surface area contributed by atoms with Gasteiger partial charge in [-0.25, -0.2) is 54.8 Å². The third-order valence-electron chi connectivity index (χ3n) is 17.2. The monoisotopic (exact) mass is 1340 g/mol. The molecule has 0 amide bonds. The predicted octanol–water partition coefficient (Wildman–Crippen LogP) is 11.8. The number of nitro groups is 1. The van der Waals surface area contributed by atoms with Gasteiger partial charge in [0.1, 0.15) is 108 Å². The van der Waals surface area contributed by atoms with Gasteiger partial charge in [0.15, 0.2) is 0 Å². The third-order valence-corrected chi connectivity index (χ3v) is 17.2. The highest BCUT2D eigenvalue weighted by molar-refractivity contribution is 5.42. The van der Waals surface area contributed by atoms with Crippen LogP contribution in [-0.4, -0.2) is 32.3 Å². The predicted molar refractivity (Wildman–Crippen MR) is 378 cm³/mol. The largest absolute Gasteiger partial charge is 1.00 e. The maximum atomic E-state index is 10.6. The normalized spacial score (nSPS) is 10.5. The second-order valence-corrected chi connectivity index (χ2v) is 23.8. The molecular formula is C79H103BrN13O2+5. The zero-order valence-electron chi connectivity index (χ0n) is 59.4. The standard InChI is InChI=1S/2C14H19N2.3C13H17N2.C12H14N3O2.BrH/c2*1-4-9-15-10-11-16(13(15)3)14-7-5-12(2)6-8-14;3*1-4-14-9-10-15(12(14)3)13-7-5-11(2)6-8-13;1-3-13-8-9-14(10(13)2)11-4-6-12(7-5-11)15(16)17;/h2*5-8,10-11H,4,9H2,1-3H3;3*5-10H,4H2,1-3H3;4-9H,3H2,1-2H3;1H/q6*+1;/p-1. The van der Waals surface area contributed by atoms with Crippen LogP contribution >= 0.6 is 0 Å². The molecule has 0 bridgehead atoms. The average Bonchev–Trinajstić information content (AvgIpc) is 1.80. The average molecular weight is 1350 g/mol. The zero-order chi connectivity index (χ0) is 68.0. The van der Waals surface area contributed by atoms with Gasteiger partial charge < -0.3 is 17.0 Å². The van der Waals surface area contributed by atoms with Crippen LogP contribution in [0.15, 0.2) is 220 Å². The lowest BCUT2D eigenvalue weighted by atomic mass is 10.2. The van der Waals surface area contributed by atoms with E-state index in [1.807, 2.05) is 23.9 Å². The number of aromatic nitrogens is 12. The molecule has 0 aliphatic heterocycles. The Balaban J connectivity index is 0.000000180. The fourth-order valence-corrected chi connectivity index (χ4v) is 11.2. The molecule has 0 atom stereocenters. The van der Waals surface area contributed by atoms with Crippen LogP contribution in [0.3, 0.4) is 0 Å². The van der Waals surface area contributed by atoms with Crippen molar-refractivity contribution in [2.24, 2.45) is 0 Å². The minimum atomic E-state index is -0.390. The second kappa shape index (κ2) is 36.2. The number of hydrogen-bond donors (Lipinski definition) is 0. The number of rotatable bonds is 15. The molecule has 0 fully saturated rings. The first kappa shape index (κ1) is 74.5. The summed E-state index contributed by atoms with van der Waals surface area (Å²) < 4.78 is 26.5. The van der Waals surface area contributed by atoms with Gasteiger partial charge in [0.25, 0.3) is 40.6 Å². The highest BCUT2D eigenvalue weighted by atomic mass is 79.9. The molecule has 0 spiro atoms. The van der Waals surface area contributed by atoms with Gasteiger partial charge >= 0.3 is 0 Å². The molecule has 0 saturated heterocycles. The van der Waals surface area contributed by atoms with Gasteiger partial charge in [0.2, 0.25) is 0 Å². The molecule has 0 saturated carbocycles. The summed E-state index contributed by atoms with van der Waals surface area (Å²) in [5.74, 6) is 7.46. The van der Waals surface area contributed by atoms with E-state index < -0.39 is 4.92 Å². The first-order valence-electron chi connectivity index (χ1n) is 33.3. The van der Waals surface area contributed by atoms with Crippen molar-refractivity contribution >= 4 is 5.69 Å². The molecule has 0 unspecified atom stereocenters. The van der Waals surface area contributed by atoms with Crippen molar-refractivity contribution in [3.05, 3.63) is 293 Å². The van der Waals surface area contributed by atoms with E-state index in [-0.39, 0.29) is 22.7 Å². The summed E-state index contributed by atoms with van der Waals surface area (Å²) in [5.41, 5.74) is 13.7. The van der Waals surface area contributed by atoms with Gasteiger partial charge in [-0.2, -0.15) is 0 Å². The van der Waals surface area contributed by atoms with Crippen LogP contribution in [-0.2, 0) is 39.3 Å². The molecule has 498 valence electrons. The third kappa shape index (κ3) is 19.8. The van der Waals surface area contributed by atoms with E-state index in [1.54, 1.807) is 12.1 Å². The molecule has 16 heteroatoms. The maximum Gasteiger partial charge on any atom is 0.269 e. The molecule has 6 aromatic heterocycles. The topological polar surface area (TPSA) is 96.0 Å². The van der Waals surface area contributed by atoms with Crippen LogP contribution in [0, 0.1) is 86.3 Å². The molecular weight excluding hydrogens is 1240 g/mol. The number of benzene rings is 6. The van der Waals surface area contributed by atoms with E-state index in [0.717, 1.165) is 50.8 Å². The fraction of sp³-hybridized carbons (Fsp3) is 0.316. The lowest BCUT2D eigenvalue weighted by molar-refractivity contribution is -0.702. The van der Waals surface area contributed by atoms with E-state index in [0.29, 0.717) is 0 Å². The Morgan fingerprint density at radius 2 is 0.453 bits per heavy atom. The quantitative estimate of drug-likeness (QED) is 0.0581. The lowest BCUT2D eigenvalue weighted by Crippen LogP contribution is -3.00. The van der Waals surface area contributed by atoms with E-state index >= 15 is 0 Å². The molecule has 0 aliphatic carbocycles. The molecule has 15 nitrogen and oxygen atoms in total. The Morgan fingerprint density at radius 1 is 0.284 bits per heavy atom. The van der Waals surface area contributed by atoms with Crippen LogP contribution in [0.2, 0.25) is 0 Å². The smallest absolute Gasteiger partial charge is 0.269 e. The van der Waals surface area contributed by atoms with Crippen LogP contribution in [0.1, 0.15) is 117 Å². The van der Waals surface area contributed by atoms with Gasteiger partial charge in [-0.05, 0) is 148 Å². The first-order valence-corrected chi connectivity index (χ1v) is 33.3. The number of nitrogens with zero attached hydrogens (tertiary/aromatic N) is 13. The van der Waals surface area contributed by atoms with Gasteiger partial charge in [-0.15, -0.1) is 0 Å². The van der Waals surface area contributed by atoms with E-state index in [1.165, 1.54) is 110 Å². The van der Waals surface area contributed by atoms with Gasteiger partial charge in [-0.1, -0.05) is 102 Å². The highest BCUT2D eigenvalue weighted by Gasteiger charge is 2.18. The molecule has 0 N–H and O–H groups in total. The number of aryl methyl sites for hydroxylation is 11. The Bertz CT molecular complexity index is 3970. The second-order valence-electron chi connectivity index (χ2n) is 23.8. The van der Waals surface area contributed by atoms with Gasteiger partial charge in [0.05, 0.1) is 44.2 Å². The van der Waals surface area contributed by atoms with Crippen molar-refractivity contribution < 1.29 is 49.3 Å². The SMILES string of the molecule is CCC[n+]1ccn(-c2ccc(C)cc2)c1C.CCC[n+]1ccn(-c2ccc(C)cc2)c1C.CC[n+]1ccn(-c2ccc(C)cc2)c1C.CC[n+]1ccn(-c2ccc(C)cc2)c1C.CC[n+]1ccn(-c2ccc(C)cc2)c1C.CC[n+]1ccn(-c2ccc([N+](=O)[O-])cc2)c1C.[Br-]. The zero-order valence-corrected chi connectivity index (χ0v) is 61.0. The minimum Gasteiger partial charge on any atom is -1.00 e. The summed E-state index contributed by atoms with van der Waals surface area (Å²) in [6, 6.07) is 49.6. The molecule has 12 aromatic rings. The van der Waals surface area contributed by atoms with Crippen molar-refractivity contribution in [1.29, 1.82) is 0 Å². The number of hydrogen-bond acceptors (Lipinski definition) is 2. The Kier molecular flexibility index (Phi) is 28.4. The minimum absolute atomic E-state index is 0. The summed E-state index contributed by atoms with van der Waals surface area (Å²) in [5, 5.41) is 10.6. The van der Waals surface area contributed by atoms with Crippen molar-refractivity contribution in [3.63, 3.8) is 0 Å². The van der Waals surface area contributed by atoms with Crippen molar-refractivity contribution in [1.82, 2.24) is 27.4 Å². The van der Waals surface area contributed by atoms with Crippen LogP contribution in [0.25, 0.3) is 34.1 Å². The van der Waals surface area contributed by atoms with Crippen molar-refractivity contribution in [2.75, 3.05) is 0 Å². The lowest BCUT2D eigenvalue weighted by Gasteiger charge is -2.00. The molecule has 12 rings (SSSR count). The van der Waals surface area contributed by atoms with Gasteiger partial charge in [-0.3, -0.25) is 10.1 Å². The Labute approximate surface area is 575 Å². The fourth-order valence-electron chi connectivity index (χ4n) is 11.2. The van der Waals surface area contributed by atoms with E-state index in [2.05, 4.69) is 344 Å². The molecule has 6 heterocycles. The summed E-state index contributed by atoms with van der Waals surface area (Å²) in [7, 11) is 0. The summed E-state index contributed by atoms with van der Waals surface area (Å²) in [6.07, 6.45) is 27.6. The Morgan fingerprint density at radius 3 is 0.611 bits per heavy atom. The number of nitro benzene ring substituents is 1. The van der Waals surface area contributed by atoms with Crippen molar-refractivity contribution in [3.8, 4) is 34.1 Å². The van der Waals surface area contributed by atoms with E-state index in [9.17, 15) is 10.1 Å². The highest BCUT2D eigenvalue weighted by Crippen LogP contribution is 2.18. The van der Waals surface area contributed by atoms with Crippen LogP contribution in [0.5, 0.6) is 0 Å². The van der Waals surface area contributed by atoms with Crippen LogP contribution in [0.4, 0.5) is 5.69 Å². The molecule has 6 aromatic carbocycles. The number of halogens is 1. The maximum absolute atomic E-state index is 10.6. The number of non-ortho nitro benzene ring substituents is 1. The first-order chi connectivity index (χ1) is 45.2. The van der Waals surface area contributed by atoms with E-state index in [4.69, 9.17) is 0 Å². The van der Waals surface area contributed by atoms with Crippen LogP contribution < -0.4 is 44.4 Å². The molecule has 0 aliphatic rings. The molecule has 0 radical (unpaired) electrons. The summed E-state index contributed by atoms with van der Waals surface area (Å²) >= 11 is 0.